The van der Waals surface area contributed by atoms with Crippen LogP contribution in [0, 0.1) is 5.92 Å². The molecular weight excluding hydrogens is 467 g/mol. The number of morpholine rings is 1. The largest absolute Gasteiger partial charge is 0.494 e. The Bertz CT molecular complexity index is 583. The van der Waals surface area contributed by atoms with Crippen LogP contribution in [0.25, 0.3) is 0 Å². The van der Waals surface area contributed by atoms with Crippen molar-refractivity contribution in [2.75, 3.05) is 53.0 Å². The van der Waals surface area contributed by atoms with Crippen molar-refractivity contribution in [3.63, 3.8) is 0 Å². The average molecular weight is 504 g/mol. The molecular formula is C21H37IN4O2. The summed E-state index contributed by atoms with van der Waals surface area (Å²) >= 11 is 0. The van der Waals surface area contributed by atoms with Gasteiger partial charge >= 0.3 is 0 Å². The van der Waals surface area contributed by atoms with E-state index in [0.717, 1.165) is 57.5 Å². The molecule has 0 aromatic heterocycles. The number of nitrogens with zero attached hydrogens (tertiary/aromatic N) is 2. The molecule has 0 aliphatic carbocycles. The maximum Gasteiger partial charge on any atom is 0.191 e. The molecule has 7 heteroatoms. The second-order valence-corrected chi connectivity index (χ2v) is 7.32. The molecule has 1 aromatic rings. The topological polar surface area (TPSA) is 58.1 Å². The molecule has 160 valence electrons. The Morgan fingerprint density at radius 1 is 1.32 bits per heavy atom. The minimum absolute atomic E-state index is 0. The van der Waals surface area contributed by atoms with E-state index in [1.165, 1.54) is 5.56 Å². The van der Waals surface area contributed by atoms with Crippen LogP contribution in [0.15, 0.2) is 29.3 Å². The maximum absolute atomic E-state index is 5.90. The number of ether oxygens (including phenoxy) is 2. The lowest BCUT2D eigenvalue weighted by molar-refractivity contribution is -0.0284. The molecule has 1 saturated heterocycles. The third-order valence-electron chi connectivity index (χ3n) is 4.53. The van der Waals surface area contributed by atoms with Gasteiger partial charge in [0.15, 0.2) is 5.96 Å². The molecule has 1 heterocycles. The zero-order valence-electron chi connectivity index (χ0n) is 17.7. The van der Waals surface area contributed by atoms with Gasteiger partial charge in [0.05, 0.1) is 19.3 Å². The molecule has 1 atom stereocenters. The van der Waals surface area contributed by atoms with E-state index in [4.69, 9.17) is 9.47 Å². The molecule has 0 amide bonds. The molecule has 1 unspecified atom stereocenters. The predicted octanol–water partition coefficient (Wildman–Crippen LogP) is 2.77. The number of nitrogens with one attached hydrogen (secondary N) is 2. The number of halogens is 1. The normalized spacial score (nSPS) is 17.9. The maximum atomic E-state index is 5.90. The zero-order valence-corrected chi connectivity index (χ0v) is 20.1. The molecule has 0 saturated carbocycles. The van der Waals surface area contributed by atoms with Gasteiger partial charge in [0, 0.05) is 39.8 Å². The lowest BCUT2D eigenvalue weighted by Gasteiger charge is -2.34. The number of rotatable bonds is 9. The van der Waals surface area contributed by atoms with Crippen LogP contribution in [0.3, 0.4) is 0 Å². The van der Waals surface area contributed by atoms with Crippen LogP contribution in [-0.2, 0) is 11.2 Å². The second kappa shape index (κ2) is 14.0. The van der Waals surface area contributed by atoms with E-state index >= 15 is 0 Å². The lowest BCUT2D eigenvalue weighted by Crippen LogP contribution is -2.50. The van der Waals surface area contributed by atoms with Gasteiger partial charge in [-0.3, -0.25) is 9.89 Å². The predicted molar refractivity (Wildman–Crippen MR) is 127 cm³/mol. The molecule has 2 rings (SSSR count). The minimum atomic E-state index is 0. The van der Waals surface area contributed by atoms with Crippen molar-refractivity contribution in [2.24, 2.45) is 10.9 Å². The van der Waals surface area contributed by atoms with Gasteiger partial charge in [0.25, 0.3) is 0 Å². The molecule has 6 nitrogen and oxygen atoms in total. The SMILES string of the molecule is CCOc1ccccc1CCNC(=NC)NCC1CN(CC(C)C)CCO1.I. The molecule has 0 spiro atoms. The minimum Gasteiger partial charge on any atom is -0.494 e. The van der Waals surface area contributed by atoms with E-state index < -0.39 is 0 Å². The fourth-order valence-electron chi connectivity index (χ4n) is 3.34. The van der Waals surface area contributed by atoms with Crippen molar-refractivity contribution in [3.8, 4) is 5.75 Å². The smallest absolute Gasteiger partial charge is 0.191 e. The standard InChI is InChI=1S/C21H36N4O2.HI/c1-5-26-20-9-7-6-8-18(20)10-11-23-21(22-4)24-14-19-16-25(12-13-27-19)15-17(2)3;/h6-9,17,19H,5,10-16H2,1-4H3,(H2,22,23,24);1H. The highest BCUT2D eigenvalue weighted by atomic mass is 127. The summed E-state index contributed by atoms with van der Waals surface area (Å²) in [6, 6.07) is 8.20. The van der Waals surface area contributed by atoms with Gasteiger partial charge in [-0.2, -0.15) is 0 Å². The molecule has 1 aliphatic heterocycles. The molecule has 1 fully saturated rings. The fraction of sp³-hybridized carbons (Fsp3) is 0.667. The summed E-state index contributed by atoms with van der Waals surface area (Å²) in [7, 11) is 1.80. The first-order valence-electron chi connectivity index (χ1n) is 10.1. The monoisotopic (exact) mass is 504 g/mol. The summed E-state index contributed by atoms with van der Waals surface area (Å²) in [5.74, 6) is 2.46. The van der Waals surface area contributed by atoms with Crippen LogP contribution in [-0.4, -0.2) is 69.9 Å². The highest BCUT2D eigenvalue weighted by Gasteiger charge is 2.21. The van der Waals surface area contributed by atoms with E-state index in [2.05, 4.69) is 40.4 Å². The van der Waals surface area contributed by atoms with Crippen molar-refractivity contribution in [2.45, 2.75) is 33.3 Å². The Balaban J connectivity index is 0.00000392. The van der Waals surface area contributed by atoms with Crippen LogP contribution in [0.1, 0.15) is 26.3 Å². The quantitative estimate of drug-likeness (QED) is 0.308. The summed E-state index contributed by atoms with van der Waals surface area (Å²) in [6.45, 7) is 12.7. The summed E-state index contributed by atoms with van der Waals surface area (Å²) in [5.41, 5.74) is 1.21. The third kappa shape index (κ3) is 8.96. The summed E-state index contributed by atoms with van der Waals surface area (Å²) < 4.78 is 11.6. The second-order valence-electron chi connectivity index (χ2n) is 7.32. The van der Waals surface area contributed by atoms with Crippen molar-refractivity contribution in [1.29, 1.82) is 0 Å². The van der Waals surface area contributed by atoms with E-state index in [1.54, 1.807) is 7.05 Å². The van der Waals surface area contributed by atoms with E-state index in [0.29, 0.717) is 12.5 Å². The molecule has 2 N–H and O–H groups in total. The molecule has 0 radical (unpaired) electrons. The molecule has 0 bridgehead atoms. The molecule has 1 aromatic carbocycles. The van der Waals surface area contributed by atoms with Crippen LogP contribution in [0.5, 0.6) is 5.75 Å². The number of hydrogen-bond acceptors (Lipinski definition) is 4. The van der Waals surface area contributed by atoms with Gasteiger partial charge in [-0.05, 0) is 30.9 Å². The Kier molecular flexibility index (Phi) is 12.5. The number of guanidine groups is 1. The highest BCUT2D eigenvalue weighted by Crippen LogP contribution is 2.17. The van der Waals surface area contributed by atoms with E-state index in [1.807, 2.05) is 25.1 Å². The number of benzene rings is 1. The van der Waals surface area contributed by atoms with Crippen LogP contribution >= 0.6 is 24.0 Å². The molecule has 1 aliphatic rings. The van der Waals surface area contributed by atoms with Crippen molar-refractivity contribution in [3.05, 3.63) is 29.8 Å². The third-order valence-corrected chi connectivity index (χ3v) is 4.53. The van der Waals surface area contributed by atoms with Crippen molar-refractivity contribution in [1.82, 2.24) is 15.5 Å². The van der Waals surface area contributed by atoms with Crippen LogP contribution < -0.4 is 15.4 Å². The number of hydrogen-bond donors (Lipinski definition) is 2. The fourth-order valence-corrected chi connectivity index (χ4v) is 3.34. The van der Waals surface area contributed by atoms with E-state index in [-0.39, 0.29) is 30.1 Å². The summed E-state index contributed by atoms with van der Waals surface area (Å²) in [4.78, 5) is 6.81. The summed E-state index contributed by atoms with van der Waals surface area (Å²) in [5, 5.41) is 6.78. The van der Waals surface area contributed by atoms with Gasteiger partial charge in [-0.15, -0.1) is 24.0 Å². The lowest BCUT2D eigenvalue weighted by atomic mass is 10.1. The Morgan fingerprint density at radius 3 is 2.82 bits per heavy atom. The van der Waals surface area contributed by atoms with Crippen molar-refractivity contribution >= 4 is 29.9 Å². The van der Waals surface area contributed by atoms with Crippen molar-refractivity contribution < 1.29 is 9.47 Å². The van der Waals surface area contributed by atoms with Crippen LogP contribution in [0.2, 0.25) is 0 Å². The number of aliphatic imine (C=N–C) groups is 1. The first kappa shape index (κ1) is 25.0. The van der Waals surface area contributed by atoms with Gasteiger partial charge in [0.2, 0.25) is 0 Å². The average Bonchev–Trinajstić information content (AvgIpc) is 2.66. The number of para-hydroxylation sites is 1. The van der Waals surface area contributed by atoms with Gasteiger partial charge in [-0.1, -0.05) is 32.0 Å². The zero-order chi connectivity index (χ0) is 19.5. The first-order chi connectivity index (χ1) is 13.1. The van der Waals surface area contributed by atoms with E-state index in [9.17, 15) is 0 Å². The Labute approximate surface area is 187 Å². The summed E-state index contributed by atoms with van der Waals surface area (Å²) in [6.07, 6.45) is 1.09. The van der Waals surface area contributed by atoms with Crippen LogP contribution in [0.4, 0.5) is 0 Å². The molecule has 28 heavy (non-hydrogen) atoms. The van der Waals surface area contributed by atoms with Gasteiger partial charge in [0.1, 0.15) is 5.75 Å². The Hall–Kier alpha value is -1.06. The van der Waals surface area contributed by atoms with Gasteiger partial charge in [-0.25, -0.2) is 0 Å². The highest BCUT2D eigenvalue weighted by molar-refractivity contribution is 14.0. The first-order valence-corrected chi connectivity index (χ1v) is 10.1. The Morgan fingerprint density at radius 2 is 2.11 bits per heavy atom. The van der Waals surface area contributed by atoms with Gasteiger partial charge < -0.3 is 20.1 Å².